The highest BCUT2D eigenvalue weighted by molar-refractivity contribution is 7.99. The Morgan fingerprint density at radius 2 is 2.10 bits per heavy atom. The first-order valence-corrected chi connectivity index (χ1v) is 9.35. The molecule has 2 nitrogen and oxygen atoms in total. The monoisotopic (exact) mass is 322 g/mol. The molecular weight excluding hydrogens is 296 g/mol. The fraction of sp³-hybridized carbons (Fsp3) is 0.588. The molecule has 0 aliphatic heterocycles. The van der Waals surface area contributed by atoms with Crippen molar-refractivity contribution in [3.05, 3.63) is 23.8 Å². The number of rotatable bonds is 6. The fourth-order valence-corrected chi connectivity index (χ4v) is 4.31. The number of hydrogen-bond acceptors (Lipinski definition) is 3. The van der Waals surface area contributed by atoms with Gasteiger partial charge in [-0.3, -0.25) is 0 Å². The number of nitrogens with one attached hydrogen (secondary N) is 1. The van der Waals surface area contributed by atoms with Gasteiger partial charge in [-0.1, -0.05) is 44.5 Å². The van der Waals surface area contributed by atoms with E-state index in [1.165, 1.54) is 37.0 Å². The summed E-state index contributed by atoms with van der Waals surface area (Å²) in [5, 5.41) is 3.68. The Morgan fingerprint density at radius 3 is 2.71 bits per heavy atom. The molecule has 1 aromatic rings. The van der Waals surface area contributed by atoms with Gasteiger partial charge in [-0.25, -0.2) is 0 Å². The molecule has 1 unspecified atom stereocenters. The molecule has 1 atom stereocenters. The minimum atomic E-state index is 0.472. The second-order valence-corrected chi connectivity index (χ2v) is 7.55. The van der Waals surface area contributed by atoms with E-state index in [9.17, 15) is 0 Å². The lowest BCUT2D eigenvalue weighted by Gasteiger charge is -2.30. The first-order valence-electron chi connectivity index (χ1n) is 7.95. The molecular formula is C17H26N2S2. The molecule has 4 heteroatoms. The van der Waals surface area contributed by atoms with Crippen LogP contribution in [0.15, 0.2) is 23.1 Å². The second kappa shape index (κ2) is 8.04. The molecule has 0 spiro atoms. The van der Waals surface area contributed by atoms with Crippen LogP contribution in [0.5, 0.6) is 0 Å². The lowest BCUT2D eigenvalue weighted by molar-refractivity contribution is 0.328. The molecule has 2 rings (SSSR count). The zero-order chi connectivity index (χ0) is 15.2. The predicted molar refractivity (Wildman–Crippen MR) is 98.4 cm³/mol. The Kier molecular flexibility index (Phi) is 6.37. The molecule has 116 valence electrons. The summed E-state index contributed by atoms with van der Waals surface area (Å²) in [6, 6.07) is 6.78. The van der Waals surface area contributed by atoms with E-state index < -0.39 is 0 Å². The van der Waals surface area contributed by atoms with Gasteiger partial charge in [-0.2, -0.15) is 0 Å². The average molecular weight is 323 g/mol. The van der Waals surface area contributed by atoms with Crippen LogP contribution >= 0.6 is 24.0 Å². The van der Waals surface area contributed by atoms with Crippen LogP contribution in [-0.4, -0.2) is 16.8 Å². The van der Waals surface area contributed by atoms with Gasteiger partial charge >= 0.3 is 0 Å². The van der Waals surface area contributed by atoms with Gasteiger partial charge in [0.25, 0.3) is 0 Å². The summed E-state index contributed by atoms with van der Waals surface area (Å²) in [6.07, 6.45) is 6.79. The van der Waals surface area contributed by atoms with Crippen LogP contribution in [0.25, 0.3) is 0 Å². The van der Waals surface area contributed by atoms with Crippen molar-refractivity contribution in [1.82, 2.24) is 0 Å². The van der Waals surface area contributed by atoms with Gasteiger partial charge in [0.1, 0.15) is 4.99 Å². The summed E-state index contributed by atoms with van der Waals surface area (Å²) in [6.45, 7) is 4.44. The van der Waals surface area contributed by atoms with E-state index >= 15 is 0 Å². The van der Waals surface area contributed by atoms with Crippen LogP contribution in [0.1, 0.15) is 51.5 Å². The van der Waals surface area contributed by atoms with Crippen LogP contribution in [-0.2, 0) is 0 Å². The van der Waals surface area contributed by atoms with Gasteiger partial charge in [0.15, 0.2) is 0 Å². The van der Waals surface area contributed by atoms with Gasteiger partial charge in [0, 0.05) is 22.2 Å². The van der Waals surface area contributed by atoms with Crippen molar-refractivity contribution in [1.29, 1.82) is 0 Å². The molecule has 21 heavy (non-hydrogen) atoms. The van der Waals surface area contributed by atoms with Crippen molar-refractivity contribution >= 4 is 34.7 Å². The van der Waals surface area contributed by atoms with E-state index in [0.29, 0.717) is 11.0 Å². The number of hydrogen-bond donors (Lipinski definition) is 2. The highest BCUT2D eigenvalue weighted by Crippen LogP contribution is 2.32. The third kappa shape index (κ3) is 4.36. The summed E-state index contributed by atoms with van der Waals surface area (Å²) < 4.78 is 0. The maximum Gasteiger partial charge on any atom is 0.107 e. The standard InChI is InChI=1S/C17H26N2S2/c1-3-21-15-11-7-10-14(16(15)17(18)20)19-12(2)13-8-5-4-6-9-13/h7,10-13,19H,3-6,8-9H2,1-2H3,(H2,18,20). The van der Waals surface area contributed by atoms with E-state index in [0.717, 1.165) is 22.9 Å². The van der Waals surface area contributed by atoms with Gasteiger partial charge < -0.3 is 11.1 Å². The quantitative estimate of drug-likeness (QED) is 0.582. The zero-order valence-electron chi connectivity index (χ0n) is 13.0. The van der Waals surface area contributed by atoms with E-state index in [2.05, 4.69) is 37.4 Å². The van der Waals surface area contributed by atoms with Crippen LogP contribution in [0.2, 0.25) is 0 Å². The Labute approximate surface area is 138 Å². The van der Waals surface area contributed by atoms with Gasteiger partial charge in [-0.15, -0.1) is 11.8 Å². The second-order valence-electron chi connectivity index (χ2n) is 5.81. The van der Waals surface area contributed by atoms with Crippen molar-refractivity contribution in [2.24, 2.45) is 11.7 Å². The number of benzene rings is 1. The molecule has 0 aromatic heterocycles. The van der Waals surface area contributed by atoms with Crippen molar-refractivity contribution < 1.29 is 0 Å². The van der Waals surface area contributed by atoms with Crippen LogP contribution < -0.4 is 11.1 Å². The lowest BCUT2D eigenvalue weighted by Crippen LogP contribution is -2.29. The third-order valence-corrected chi connectivity index (χ3v) is 5.46. The van der Waals surface area contributed by atoms with E-state index in [4.69, 9.17) is 18.0 Å². The first-order chi connectivity index (χ1) is 10.1. The summed E-state index contributed by atoms with van der Waals surface area (Å²) in [7, 11) is 0. The minimum absolute atomic E-state index is 0.472. The molecule has 1 saturated carbocycles. The summed E-state index contributed by atoms with van der Waals surface area (Å²) in [5.74, 6) is 1.79. The molecule has 1 aliphatic carbocycles. The number of thiocarbonyl (C=S) groups is 1. The van der Waals surface area contributed by atoms with Crippen molar-refractivity contribution in [3.63, 3.8) is 0 Å². The lowest BCUT2D eigenvalue weighted by atomic mass is 9.84. The van der Waals surface area contributed by atoms with Crippen LogP contribution in [0.3, 0.4) is 0 Å². The maximum atomic E-state index is 5.98. The Hall–Kier alpha value is -0.740. The number of anilines is 1. The Bertz CT molecular complexity index is 482. The Morgan fingerprint density at radius 1 is 1.38 bits per heavy atom. The van der Waals surface area contributed by atoms with Gasteiger partial charge in [0.2, 0.25) is 0 Å². The molecule has 1 aliphatic rings. The number of nitrogens with two attached hydrogens (primary N) is 1. The molecule has 0 heterocycles. The molecule has 0 saturated heterocycles. The topological polar surface area (TPSA) is 38.0 Å². The molecule has 1 aromatic carbocycles. The summed E-state index contributed by atoms with van der Waals surface area (Å²) >= 11 is 7.08. The molecule has 0 radical (unpaired) electrons. The highest BCUT2D eigenvalue weighted by atomic mass is 32.2. The summed E-state index contributed by atoms with van der Waals surface area (Å²) in [4.78, 5) is 1.68. The highest BCUT2D eigenvalue weighted by Gasteiger charge is 2.21. The third-order valence-electron chi connectivity index (χ3n) is 4.31. The van der Waals surface area contributed by atoms with Crippen LogP contribution in [0.4, 0.5) is 5.69 Å². The maximum absolute atomic E-state index is 5.98. The van der Waals surface area contributed by atoms with Gasteiger partial charge in [-0.05, 0) is 43.6 Å². The molecule has 0 bridgehead atoms. The van der Waals surface area contributed by atoms with Crippen molar-refractivity contribution in [2.45, 2.75) is 56.9 Å². The zero-order valence-corrected chi connectivity index (χ0v) is 14.7. The predicted octanol–water partition coefficient (Wildman–Crippen LogP) is 4.81. The van der Waals surface area contributed by atoms with E-state index in [1.54, 1.807) is 11.8 Å². The largest absolute Gasteiger partial charge is 0.389 e. The smallest absolute Gasteiger partial charge is 0.107 e. The van der Waals surface area contributed by atoms with E-state index in [1.807, 2.05) is 0 Å². The SMILES string of the molecule is CCSc1cccc(NC(C)C2CCCCC2)c1C(N)=S. The van der Waals surface area contributed by atoms with Gasteiger partial charge in [0.05, 0.1) is 0 Å². The normalized spacial score (nSPS) is 17.4. The Balaban J connectivity index is 2.18. The minimum Gasteiger partial charge on any atom is -0.389 e. The van der Waals surface area contributed by atoms with E-state index in [-0.39, 0.29) is 0 Å². The van der Waals surface area contributed by atoms with Crippen LogP contribution in [0, 0.1) is 5.92 Å². The van der Waals surface area contributed by atoms with Crippen molar-refractivity contribution in [3.8, 4) is 0 Å². The summed E-state index contributed by atoms with van der Waals surface area (Å²) in [5.41, 5.74) is 8.09. The first kappa shape index (κ1) is 16.6. The fourth-order valence-electron chi connectivity index (χ4n) is 3.18. The molecule has 1 fully saturated rings. The molecule has 0 amide bonds. The molecule has 3 N–H and O–H groups in total. The van der Waals surface area contributed by atoms with Crippen molar-refractivity contribution in [2.75, 3.05) is 11.1 Å². The number of thioether (sulfide) groups is 1. The average Bonchev–Trinajstić information content (AvgIpc) is 2.48.